The average Bonchev–Trinajstić information content (AvgIpc) is 2.62. The summed E-state index contributed by atoms with van der Waals surface area (Å²) in [5, 5.41) is 8.16. The maximum Gasteiger partial charge on any atom is 0.323 e. The number of carbonyl (C=O) groups is 2. The van der Waals surface area contributed by atoms with Gasteiger partial charge in [-0.05, 0) is 48.5 Å². The van der Waals surface area contributed by atoms with Crippen LogP contribution in [0.4, 0.5) is 26.2 Å². The van der Waals surface area contributed by atoms with Crippen molar-refractivity contribution in [3.63, 3.8) is 0 Å². The van der Waals surface area contributed by atoms with Crippen LogP contribution in [0.2, 0.25) is 5.02 Å². The number of rotatable bonds is 4. The van der Waals surface area contributed by atoms with Crippen LogP contribution < -0.4 is 16.0 Å². The van der Waals surface area contributed by atoms with Gasteiger partial charge in [-0.2, -0.15) is 0 Å². The van der Waals surface area contributed by atoms with Crippen LogP contribution in [0.15, 0.2) is 72.8 Å². The first-order valence-electron chi connectivity index (χ1n) is 8.01. The Bertz CT molecular complexity index is 980. The summed E-state index contributed by atoms with van der Waals surface area (Å²) in [7, 11) is 0. The van der Waals surface area contributed by atoms with Crippen molar-refractivity contribution in [3.05, 3.63) is 89.2 Å². The number of halogens is 2. The van der Waals surface area contributed by atoms with E-state index in [2.05, 4.69) is 16.0 Å². The maximum atomic E-state index is 13.9. The van der Waals surface area contributed by atoms with E-state index >= 15 is 0 Å². The molecule has 0 heterocycles. The maximum absolute atomic E-state index is 13.9. The molecule has 3 N–H and O–H groups in total. The molecule has 0 saturated carbocycles. The van der Waals surface area contributed by atoms with Crippen molar-refractivity contribution in [2.24, 2.45) is 0 Å². The van der Waals surface area contributed by atoms with Gasteiger partial charge in [0.25, 0.3) is 5.91 Å². The molecule has 0 saturated heterocycles. The summed E-state index contributed by atoms with van der Waals surface area (Å²) in [6.45, 7) is 0. The van der Waals surface area contributed by atoms with E-state index in [4.69, 9.17) is 11.6 Å². The van der Waals surface area contributed by atoms with Gasteiger partial charge in [0, 0.05) is 22.1 Å². The quantitative estimate of drug-likeness (QED) is 0.566. The second-order valence-corrected chi connectivity index (χ2v) is 6.04. The van der Waals surface area contributed by atoms with Gasteiger partial charge < -0.3 is 16.0 Å². The Morgan fingerprint density at radius 3 is 2.07 bits per heavy atom. The van der Waals surface area contributed by atoms with E-state index in [-0.39, 0.29) is 10.6 Å². The Morgan fingerprint density at radius 2 is 1.37 bits per heavy atom. The Morgan fingerprint density at radius 1 is 0.741 bits per heavy atom. The molecule has 0 atom stereocenters. The first-order chi connectivity index (χ1) is 13.0. The third-order valence-electron chi connectivity index (χ3n) is 3.59. The lowest BCUT2D eigenvalue weighted by Crippen LogP contribution is -2.19. The monoisotopic (exact) mass is 383 g/mol. The van der Waals surface area contributed by atoms with Gasteiger partial charge in [0.05, 0.1) is 5.56 Å². The van der Waals surface area contributed by atoms with E-state index in [9.17, 15) is 14.0 Å². The van der Waals surface area contributed by atoms with Gasteiger partial charge in [0.15, 0.2) is 0 Å². The fraction of sp³-hybridized carbons (Fsp3) is 0. The minimum Gasteiger partial charge on any atom is -0.322 e. The molecule has 0 aliphatic rings. The molecule has 5 nitrogen and oxygen atoms in total. The van der Waals surface area contributed by atoms with Crippen LogP contribution >= 0.6 is 11.6 Å². The summed E-state index contributed by atoms with van der Waals surface area (Å²) in [6.07, 6.45) is 0. The van der Waals surface area contributed by atoms with Gasteiger partial charge in [-0.1, -0.05) is 35.9 Å². The zero-order valence-corrected chi connectivity index (χ0v) is 14.8. The van der Waals surface area contributed by atoms with E-state index in [1.807, 2.05) is 18.2 Å². The van der Waals surface area contributed by atoms with E-state index in [1.165, 1.54) is 12.1 Å². The highest BCUT2D eigenvalue weighted by Crippen LogP contribution is 2.19. The van der Waals surface area contributed by atoms with Crippen LogP contribution in [0.1, 0.15) is 10.4 Å². The van der Waals surface area contributed by atoms with E-state index in [0.717, 1.165) is 6.07 Å². The summed E-state index contributed by atoms with van der Waals surface area (Å²) >= 11 is 5.69. The second kappa shape index (κ2) is 8.33. The van der Waals surface area contributed by atoms with Crippen LogP contribution in [0.5, 0.6) is 0 Å². The molecule has 0 aromatic heterocycles. The Balaban J connectivity index is 1.66. The SMILES string of the molecule is O=C(Nc1ccccc1)Nc1cccc(NC(=O)c2ccc(Cl)cc2F)c1. The normalized spacial score (nSPS) is 10.1. The van der Waals surface area contributed by atoms with Crippen LogP contribution in [0.3, 0.4) is 0 Å². The molecule has 0 fully saturated rings. The van der Waals surface area contributed by atoms with Crippen molar-refractivity contribution >= 4 is 40.6 Å². The molecular weight excluding hydrogens is 369 g/mol. The zero-order valence-electron chi connectivity index (χ0n) is 14.0. The van der Waals surface area contributed by atoms with Crippen LogP contribution in [0.25, 0.3) is 0 Å². The molecule has 0 spiro atoms. The predicted molar refractivity (Wildman–Crippen MR) is 105 cm³/mol. The smallest absolute Gasteiger partial charge is 0.322 e. The highest BCUT2D eigenvalue weighted by atomic mass is 35.5. The van der Waals surface area contributed by atoms with Crippen molar-refractivity contribution in [3.8, 4) is 0 Å². The minimum atomic E-state index is -0.712. The molecule has 3 aromatic rings. The third-order valence-corrected chi connectivity index (χ3v) is 3.82. The van der Waals surface area contributed by atoms with E-state index < -0.39 is 17.8 Å². The number of anilines is 3. The summed E-state index contributed by atoms with van der Waals surface area (Å²) in [4.78, 5) is 24.3. The molecule has 136 valence electrons. The standard InChI is InChI=1S/C20H15ClFN3O2/c21-13-9-10-17(18(22)11-13)19(26)23-15-7-4-8-16(12-15)25-20(27)24-14-5-2-1-3-6-14/h1-12H,(H,23,26)(H2,24,25,27). The first-order valence-corrected chi connectivity index (χ1v) is 8.38. The molecule has 0 bridgehead atoms. The van der Waals surface area contributed by atoms with Crippen molar-refractivity contribution in [1.29, 1.82) is 0 Å². The predicted octanol–water partition coefficient (Wildman–Crippen LogP) is 5.38. The number of hydrogen-bond acceptors (Lipinski definition) is 2. The second-order valence-electron chi connectivity index (χ2n) is 5.60. The number of carbonyl (C=O) groups excluding carboxylic acids is 2. The number of hydrogen-bond donors (Lipinski definition) is 3. The summed E-state index contributed by atoms with van der Waals surface area (Å²) in [5.41, 5.74) is 1.40. The lowest BCUT2D eigenvalue weighted by Gasteiger charge is -2.10. The molecular formula is C20H15ClFN3O2. The topological polar surface area (TPSA) is 70.2 Å². The summed E-state index contributed by atoms with van der Waals surface area (Å²) in [6, 6.07) is 18.9. The number of para-hydroxylation sites is 1. The fourth-order valence-corrected chi connectivity index (χ4v) is 2.52. The van der Waals surface area contributed by atoms with Crippen LogP contribution in [0, 0.1) is 5.82 Å². The molecule has 27 heavy (non-hydrogen) atoms. The number of benzene rings is 3. The molecule has 3 amide bonds. The Kier molecular flexibility index (Phi) is 5.68. The van der Waals surface area contributed by atoms with Gasteiger partial charge >= 0.3 is 6.03 Å². The molecule has 0 aliphatic carbocycles. The van der Waals surface area contributed by atoms with Gasteiger partial charge in [0.2, 0.25) is 0 Å². The van der Waals surface area contributed by atoms with Crippen LogP contribution in [-0.2, 0) is 0 Å². The average molecular weight is 384 g/mol. The molecule has 3 aromatic carbocycles. The number of amides is 3. The van der Waals surface area contributed by atoms with Crippen molar-refractivity contribution in [2.75, 3.05) is 16.0 Å². The lowest BCUT2D eigenvalue weighted by molar-refractivity contribution is 0.102. The third kappa shape index (κ3) is 5.05. The Hall–Kier alpha value is -3.38. The van der Waals surface area contributed by atoms with Crippen LogP contribution in [-0.4, -0.2) is 11.9 Å². The molecule has 0 unspecified atom stereocenters. The van der Waals surface area contributed by atoms with Crippen molar-refractivity contribution < 1.29 is 14.0 Å². The first kappa shape index (κ1) is 18.4. The largest absolute Gasteiger partial charge is 0.323 e. The summed E-state index contributed by atoms with van der Waals surface area (Å²) in [5.74, 6) is -1.33. The Labute approximate surface area is 160 Å². The highest BCUT2D eigenvalue weighted by molar-refractivity contribution is 6.30. The lowest BCUT2D eigenvalue weighted by atomic mass is 10.2. The number of nitrogens with one attached hydrogen (secondary N) is 3. The van der Waals surface area contributed by atoms with E-state index in [1.54, 1.807) is 36.4 Å². The molecule has 7 heteroatoms. The van der Waals surface area contributed by atoms with Gasteiger partial charge in [-0.3, -0.25) is 4.79 Å². The van der Waals surface area contributed by atoms with Crippen molar-refractivity contribution in [1.82, 2.24) is 0 Å². The van der Waals surface area contributed by atoms with Crippen molar-refractivity contribution in [2.45, 2.75) is 0 Å². The molecule has 3 rings (SSSR count). The summed E-state index contributed by atoms with van der Waals surface area (Å²) < 4.78 is 13.9. The fourth-order valence-electron chi connectivity index (χ4n) is 2.36. The molecule has 0 radical (unpaired) electrons. The van der Waals surface area contributed by atoms with E-state index in [0.29, 0.717) is 17.1 Å². The minimum absolute atomic E-state index is 0.125. The molecule has 0 aliphatic heterocycles. The van der Waals surface area contributed by atoms with Gasteiger partial charge in [-0.15, -0.1) is 0 Å². The van der Waals surface area contributed by atoms with Gasteiger partial charge in [-0.25, -0.2) is 9.18 Å². The van der Waals surface area contributed by atoms with Gasteiger partial charge in [0.1, 0.15) is 5.82 Å². The highest BCUT2D eigenvalue weighted by Gasteiger charge is 2.12. The number of urea groups is 1. The zero-order chi connectivity index (χ0) is 19.2.